The van der Waals surface area contributed by atoms with Crippen LogP contribution in [0.15, 0.2) is 18.3 Å². The maximum atomic E-state index is 4.40. The third-order valence-corrected chi connectivity index (χ3v) is 3.23. The van der Waals surface area contributed by atoms with Gasteiger partial charge in [0, 0.05) is 38.4 Å². The van der Waals surface area contributed by atoms with Crippen LogP contribution in [0, 0.1) is 5.92 Å². The molecule has 0 saturated heterocycles. The lowest BCUT2D eigenvalue weighted by Crippen LogP contribution is -2.28. The third-order valence-electron chi connectivity index (χ3n) is 3.23. The van der Waals surface area contributed by atoms with Crippen LogP contribution in [0.4, 0.5) is 5.82 Å². The minimum atomic E-state index is 0.634. The Kier molecular flexibility index (Phi) is 3.44. The van der Waals surface area contributed by atoms with Gasteiger partial charge in [-0.15, -0.1) is 0 Å². The highest BCUT2D eigenvalue weighted by Crippen LogP contribution is 2.32. The van der Waals surface area contributed by atoms with E-state index in [-0.39, 0.29) is 0 Å². The van der Waals surface area contributed by atoms with Crippen LogP contribution in [0.2, 0.25) is 0 Å². The van der Waals surface area contributed by atoms with Gasteiger partial charge in [0.1, 0.15) is 5.82 Å². The molecule has 1 saturated carbocycles. The second-order valence-electron chi connectivity index (χ2n) is 4.89. The predicted octanol–water partition coefficient (Wildman–Crippen LogP) is 2.04. The van der Waals surface area contributed by atoms with Crippen molar-refractivity contribution in [3.8, 4) is 0 Å². The Balaban J connectivity index is 1.97. The monoisotopic (exact) mass is 219 g/mol. The molecule has 1 aromatic rings. The normalized spacial score (nSPS) is 17.2. The number of hydrogen-bond acceptors (Lipinski definition) is 3. The first-order chi connectivity index (χ1) is 7.68. The molecule has 0 bridgehead atoms. The van der Waals surface area contributed by atoms with Crippen LogP contribution in [0.5, 0.6) is 0 Å². The Hall–Kier alpha value is -1.09. The van der Waals surface area contributed by atoms with Crippen LogP contribution in [-0.4, -0.2) is 25.1 Å². The Bertz CT molecular complexity index is 345. The van der Waals surface area contributed by atoms with Crippen LogP contribution in [0.1, 0.15) is 25.3 Å². The standard InChI is InChI=1S/C13H21N3/c1-10(11-6-7-11)15-9-12-5-4-8-14-13(12)16(2)3/h4-5,8,10-11,15H,6-7,9H2,1-3H3. The molecule has 1 aliphatic rings. The topological polar surface area (TPSA) is 28.2 Å². The quantitative estimate of drug-likeness (QED) is 0.821. The molecule has 0 spiro atoms. The van der Waals surface area contributed by atoms with Gasteiger partial charge in [0.2, 0.25) is 0 Å². The Morgan fingerprint density at radius 1 is 1.50 bits per heavy atom. The van der Waals surface area contributed by atoms with Crippen molar-refractivity contribution in [2.45, 2.75) is 32.4 Å². The third kappa shape index (κ3) is 2.73. The van der Waals surface area contributed by atoms with Crippen molar-refractivity contribution in [3.05, 3.63) is 23.9 Å². The molecule has 2 rings (SSSR count). The molecule has 1 fully saturated rings. The summed E-state index contributed by atoms with van der Waals surface area (Å²) in [4.78, 5) is 6.47. The van der Waals surface area contributed by atoms with E-state index in [2.05, 4.69) is 28.2 Å². The van der Waals surface area contributed by atoms with Crippen LogP contribution >= 0.6 is 0 Å². The molecule has 88 valence electrons. The minimum absolute atomic E-state index is 0.634. The second-order valence-corrected chi connectivity index (χ2v) is 4.89. The fourth-order valence-corrected chi connectivity index (χ4v) is 2.00. The molecular formula is C13H21N3. The molecule has 1 aliphatic carbocycles. The number of nitrogens with zero attached hydrogens (tertiary/aromatic N) is 2. The van der Waals surface area contributed by atoms with Gasteiger partial charge >= 0.3 is 0 Å². The summed E-state index contributed by atoms with van der Waals surface area (Å²) >= 11 is 0. The Morgan fingerprint density at radius 3 is 2.88 bits per heavy atom. The molecule has 16 heavy (non-hydrogen) atoms. The molecule has 0 aromatic carbocycles. The number of aromatic nitrogens is 1. The number of hydrogen-bond donors (Lipinski definition) is 1. The summed E-state index contributed by atoms with van der Waals surface area (Å²) in [5.74, 6) is 1.97. The summed E-state index contributed by atoms with van der Waals surface area (Å²) < 4.78 is 0. The lowest BCUT2D eigenvalue weighted by molar-refractivity contribution is 0.496. The highest BCUT2D eigenvalue weighted by atomic mass is 15.1. The van der Waals surface area contributed by atoms with E-state index in [1.807, 2.05) is 26.4 Å². The Morgan fingerprint density at radius 2 is 2.25 bits per heavy atom. The molecule has 0 aliphatic heterocycles. The zero-order valence-corrected chi connectivity index (χ0v) is 10.4. The van der Waals surface area contributed by atoms with E-state index in [9.17, 15) is 0 Å². The van der Waals surface area contributed by atoms with Crippen LogP contribution in [-0.2, 0) is 6.54 Å². The summed E-state index contributed by atoms with van der Waals surface area (Å²) in [5.41, 5.74) is 1.28. The van der Waals surface area contributed by atoms with Crippen molar-refractivity contribution in [3.63, 3.8) is 0 Å². The minimum Gasteiger partial charge on any atom is -0.362 e. The lowest BCUT2D eigenvalue weighted by Gasteiger charge is -2.18. The van der Waals surface area contributed by atoms with Gasteiger partial charge in [-0.3, -0.25) is 0 Å². The fourth-order valence-electron chi connectivity index (χ4n) is 2.00. The van der Waals surface area contributed by atoms with Crippen molar-refractivity contribution >= 4 is 5.82 Å². The van der Waals surface area contributed by atoms with Gasteiger partial charge < -0.3 is 10.2 Å². The second kappa shape index (κ2) is 4.83. The van der Waals surface area contributed by atoms with Crippen molar-refractivity contribution in [1.82, 2.24) is 10.3 Å². The highest BCUT2D eigenvalue weighted by molar-refractivity contribution is 5.45. The molecule has 0 radical (unpaired) electrons. The first-order valence-electron chi connectivity index (χ1n) is 6.03. The van der Waals surface area contributed by atoms with Gasteiger partial charge in [-0.1, -0.05) is 6.07 Å². The molecule has 1 aromatic heterocycles. The molecule has 0 amide bonds. The summed E-state index contributed by atoms with van der Waals surface area (Å²) in [6.45, 7) is 3.20. The first kappa shape index (κ1) is 11.4. The van der Waals surface area contributed by atoms with Crippen molar-refractivity contribution in [1.29, 1.82) is 0 Å². The molecule has 1 heterocycles. The molecule has 1 unspecified atom stereocenters. The summed E-state index contributed by atoms with van der Waals surface area (Å²) in [6, 6.07) is 4.79. The van der Waals surface area contributed by atoms with E-state index in [0.717, 1.165) is 18.3 Å². The SMILES string of the molecule is CC(NCc1cccnc1N(C)C)C1CC1. The van der Waals surface area contributed by atoms with Gasteiger partial charge in [-0.25, -0.2) is 4.98 Å². The summed E-state index contributed by atoms with van der Waals surface area (Å²) in [6.07, 6.45) is 4.63. The molecule has 1 atom stereocenters. The van der Waals surface area contributed by atoms with E-state index >= 15 is 0 Å². The maximum Gasteiger partial charge on any atom is 0.132 e. The molecule has 3 heteroatoms. The van der Waals surface area contributed by atoms with E-state index in [1.54, 1.807) is 0 Å². The van der Waals surface area contributed by atoms with Crippen LogP contribution in [0.25, 0.3) is 0 Å². The van der Waals surface area contributed by atoms with Crippen LogP contribution in [0.3, 0.4) is 0 Å². The van der Waals surface area contributed by atoms with Crippen LogP contribution < -0.4 is 10.2 Å². The zero-order valence-electron chi connectivity index (χ0n) is 10.4. The predicted molar refractivity (Wildman–Crippen MR) is 67.6 cm³/mol. The largest absolute Gasteiger partial charge is 0.362 e. The van der Waals surface area contributed by atoms with Crippen molar-refractivity contribution in [2.75, 3.05) is 19.0 Å². The van der Waals surface area contributed by atoms with Gasteiger partial charge in [-0.05, 0) is 31.7 Å². The number of rotatable bonds is 5. The molecular weight excluding hydrogens is 198 g/mol. The smallest absolute Gasteiger partial charge is 0.132 e. The number of anilines is 1. The lowest BCUT2D eigenvalue weighted by atomic mass is 10.2. The molecule has 1 N–H and O–H groups in total. The Labute approximate surface area is 97.9 Å². The first-order valence-corrected chi connectivity index (χ1v) is 6.03. The average molecular weight is 219 g/mol. The number of pyridine rings is 1. The highest BCUT2D eigenvalue weighted by Gasteiger charge is 2.27. The van der Waals surface area contributed by atoms with Gasteiger partial charge in [-0.2, -0.15) is 0 Å². The van der Waals surface area contributed by atoms with Gasteiger partial charge in [0.15, 0.2) is 0 Å². The van der Waals surface area contributed by atoms with Crippen molar-refractivity contribution in [2.24, 2.45) is 5.92 Å². The molecule has 3 nitrogen and oxygen atoms in total. The van der Waals surface area contributed by atoms with Gasteiger partial charge in [0.05, 0.1) is 0 Å². The van der Waals surface area contributed by atoms with Gasteiger partial charge in [0.25, 0.3) is 0 Å². The zero-order chi connectivity index (χ0) is 11.5. The fraction of sp³-hybridized carbons (Fsp3) is 0.615. The number of nitrogens with one attached hydrogen (secondary N) is 1. The summed E-state index contributed by atoms with van der Waals surface area (Å²) in [5, 5.41) is 3.59. The van der Waals surface area contributed by atoms with E-state index in [0.29, 0.717) is 6.04 Å². The van der Waals surface area contributed by atoms with E-state index < -0.39 is 0 Å². The van der Waals surface area contributed by atoms with E-state index in [1.165, 1.54) is 18.4 Å². The summed E-state index contributed by atoms with van der Waals surface area (Å²) in [7, 11) is 4.08. The maximum absolute atomic E-state index is 4.40. The van der Waals surface area contributed by atoms with E-state index in [4.69, 9.17) is 0 Å². The van der Waals surface area contributed by atoms with Crippen molar-refractivity contribution < 1.29 is 0 Å². The average Bonchev–Trinajstić information content (AvgIpc) is 3.10.